The molecule has 6 heteroatoms. The van der Waals surface area contributed by atoms with E-state index in [1.54, 1.807) is 4.90 Å². The van der Waals surface area contributed by atoms with Crippen molar-refractivity contribution in [2.45, 2.75) is 63.5 Å². The van der Waals surface area contributed by atoms with Crippen LogP contribution in [-0.2, 0) is 11.3 Å². The Labute approximate surface area is 160 Å². The number of carbonyl (C=O) groups is 1. The lowest BCUT2D eigenvalue weighted by Crippen LogP contribution is -2.42. The van der Waals surface area contributed by atoms with Gasteiger partial charge in [0, 0.05) is 32.0 Å². The van der Waals surface area contributed by atoms with Gasteiger partial charge in [0.1, 0.15) is 6.61 Å². The summed E-state index contributed by atoms with van der Waals surface area (Å²) in [6.07, 6.45) is 3.91. The Balaban J connectivity index is 1.34. The second-order valence-corrected chi connectivity index (χ2v) is 7.87. The molecule has 150 valence electrons. The molecule has 1 aliphatic carbocycles. The molecule has 1 saturated heterocycles. The number of likely N-dealkylation sites (tertiary alicyclic amines) is 1. The number of rotatable bonds is 6. The van der Waals surface area contributed by atoms with Crippen molar-refractivity contribution in [3.63, 3.8) is 0 Å². The van der Waals surface area contributed by atoms with Crippen LogP contribution >= 0.6 is 0 Å². The molecule has 1 aromatic rings. The van der Waals surface area contributed by atoms with Crippen LogP contribution in [-0.4, -0.2) is 42.6 Å². The molecule has 0 unspecified atom stereocenters. The Morgan fingerprint density at radius 3 is 2.67 bits per heavy atom. The minimum absolute atomic E-state index is 0.00483. The van der Waals surface area contributed by atoms with Gasteiger partial charge in [0.2, 0.25) is 5.92 Å². The summed E-state index contributed by atoms with van der Waals surface area (Å²) in [5.41, 5.74) is 0.988. The van der Waals surface area contributed by atoms with Gasteiger partial charge in [0.25, 0.3) is 0 Å². The van der Waals surface area contributed by atoms with Crippen molar-refractivity contribution in [3.8, 4) is 0 Å². The van der Waals surface area contributed by atoms with Gasteiger partial charge >= 0.3 is 6.09 Å². The van der Waals surface area contributed by atoms with Crippen molar-refractivity contribution >= 4 is 6.09 Å². The molecule has 4 nitrogen and oxygen atoms in total. The van der Waals surface area contributed by atoms with Crippen molar-refractivity contribution < 1.29 is 18.3 Å². The smallest absolute Gasteiger partial charge is 0.410 e. The molecule has 1 N–H and O–H groups in total. The summed E-state index contributed by atoms with van der Waals surface area (Å²) in [4.78, 5) is 14.1. The van der Waals surface area contributed by atoms with E-state index in [4.69, 9.17) is 4.74 Å². The lowest BCUT2D eigenvalue weighted by atomic mass is 9.91. The Kier molecular flexibility index (Phi) is 7.05. The Hall–Kier alpha value is -1.69. The average molecular weight is 380 g/mol. The Bertz CT molecular complexity index is 587. The minimum Gasteiger partial charge on any atom is -0.445 e. The van der Waals surface area contributed by atoms with E-state index in [9.17, 15) is 13.6 Å². The highest BCUT2D eigenvalue weighted by molar-refractivity contribution is 5.67. The average Bonchev–Trinajstić information content (AvgIpc) is 2.68. The zero-order chi connectivity index (χ0) is 19.1. The SMILES string of the molecule is O=C(OCc1ccccc1)N1CCC[C@H](CCNC2CCC(F)(F)CC2)C1. The van der Waals surface area contributed by atoms with Gasteiger partial charge in [-0.3, -0.25) is 0 Å². The van der Waals surface area contributed by atoms with Crippen LogP contribution in [0.15, 0.2) is 30.3 Å². The Morgan fingerprint density at radius 2 is 1.93 bits per heavy atom. The van der Waals surface area contributed by atoms with Gasteiger partial charge in [0.15, 0.2) is 0 Å². The summed E-state index contributed by atoms with van der Waals surface area (Å²) in [7, 11) is 0. The summed E-state index contributed by atoms with van der Waals surface area (Å²) >= 11 is 0. The summed E-state index contributed by atoms with van der Waals surface area (Å²) in [5.74, 6) is -2.03. The normalized spacial score (nSPS) is 23.2. The number of carbonyl (C=O) groups excluding carboxylic acids is 1. The number of halogens is 2. The second-order valence-electron chi connectivity index (χ2n) is 7.87. The number of amides is 1. The first-order chi connectivity index (χ1) is 13.0. The molecule has 1 aliphatic heterocycles. The molecule has 2 fully saturated rings. The maximum Gasteiger partial charge on any atom is 0.410 e. The van der Waals surface area contributed by atoms with Crippen molar-refractivity contribution in [2.24, 2.45) is 5.92 Å². The number of hydrogen-bond acceptors (Lipinski definition) is 3. The molecule has 2 aliphatic rings. The Morgan fingerprint density at radius 1 is 1.19 bits per heavy atom. The summed E-state index contributed by atoms with van der Waals surface area (Å²) in [5, 5.41) is 3.43. The van der Waals surface area contributed by atoms with Crippen molar-refractivity contribution in [2.75, 3.05) is 19.6 Å². The third-order valence-electron chi connectivity index (χ3n) is 5.69. The molecule has 1 aromatic carbocycles. The summed E-state index contributed by atoms with van der Waals surface area (Å²) < 4.78 is 31.8. The van der Waals surface area contributed by atoms with Crippen LogP contribution in [0, 0.1) is 5.92 Å². The molecule has 0 radical (unpaired) electrons. The molecule has 27 heavy (non-hydrogen) atoms. The van der Waals surface area contributed by atoms with Crippen LogP contribution in [0.25, 0.3) is 0 Å². The van der Waals surface area contributed by atoms with Crippen LogP contribution in [0.1, 0.15) is 50.5 Å². The highest BCUT2D eigenvalue weighted by Crippen LogP contribution is 2.33. The highest BCUT2D eigenvalue weighted by Gasteiger charge is 2.34. The monoisotopic (exact) mass is 380 g/mol. The fraction of sp³-hybridized carbons (Fsp3) is 0.667. The van der Waals surface area contributed by atoms with Crippen LogP contribution in [0.3, 0.4) is 0 Å². The molecule has 1 amide bonds. The molecular weight excluding hydrogens is 350 g/mol. The topological polar surface area (TPSA) is 41.6 Å². The minimum atomic E-state index is -2.47. The number of benzene rings is 1. The van der Waals surface area contributed by atoms with Crippen molar-refractivity contribution in [1.29, 1.82) is 0 Å². The van der Waals surface area contributed by atoms with Gasteiger partial charge in [-0.05, 0) is 50.1 Å². The van der Waals surface area contributed by atoms with Crippen molar-refractivity contribution in [3.05, 3.63) is 35.9 Å². The number of ether oxygens (including phenoxy) is 1. The zero-order valence-electron chi connectivity index (χ0n) is 15.8. The first-order valence-corrected chi connectivity index (χ1v) is 10.1. The van der Waals surface area contributed by atoms with Gasteiger partial charge in [-0.1, -0.05) is 30.3 Å². The molecular formula is C21H30F2N2O2. The lowest BCUT2D eigenvalue weighted by Gasteiger charge is -2.33. The van der Waals surface area contributed by atoms with E-state index in [2.05, 4.69) is 5.32 Å². The molecule has 3 rings (SSSR count). The predicted molar refractivity (Wildman–Crippen MR) is 101 cm³/mol. The van der Waals surface area contributed by atoms with Gasteiger partial charge in [-0.15, -0.1) is 0 Å². The van der Waals surface area contributed by atoms with Crippen LogP contribution < -0.4 is 5.32 Å². The van der Waals surface area contributed by atoms with Gasteiger partial charge in [-0.25, -0.2) is 13.6 Å². The number of nitrogens with zero attached hydrogens (tertiary/aromatic N) is 1. The second kappa shape index (κ2) is 9.49. The largest absolute Gasteiger partial charge is 0.445 e. The van der Waals surface area contributed by atoms with Crippen LogP contribution in [0.2, 0.25) is 0 Å². The van der Waals surface area contributed by atoms with E-state index < -0.39 is 5.92 Å². The van der Waals surface area contributed by atoms with Crippen molar-refractivity contribution in [1.82, 2.24) is 10.2 Å². The third-order valence-corrected chi connectivity index (χ3v) is 5.69. The molecule has 1 heterocycles. The molecule has 1 atom stereocenters. The lowest BCUT2D eigenvalue weighted by molar-refractivity contribution is -0.0404. The standard InChI is InChI=1S/C21H30F2N2O2/c22-21(23)11-8-19(9-12-21)24-13-10-17-7-4-14-25(15-17)20(26)27-16-18-5-2-1-3-6-18/h1-3,5-6,17,19,24H,4,7-16H2/t17-/m1/s1. The maximum absolute atomic E-state index is 13.2. The highest BCUT2D eigenvalue weighted by atomic mass is 19.3. The first-order valence-electron chi connectivity index (χ1n) is 10.1. The van der Waals surface area contributed by atoms with Crippen LogP contribution in [0.5, 0.6) is 0 Å². The van der Waals surface area contributed by atoms with E-state index >= 15 is 0 Å². The number of nitrogens with one attached hydrogen (secondary N) is 1. The van der Waals surface area contributed by atoms with Crippen LogP contribution in [0.4, 0.5) is 13.6 Å². The molecule has 0 spiro atoms. The molecule has 0 bridgehead atoms. The maximum atomic E-state index is 13.2. The molecule has 0 aromatic heterocycles. The quantitative estimate of drug-likeness (QED) is 0.785. The summed E-state index contributed by atoms with van der Waals surface area (Å²) in [6, 6.07) is 9.90. The van der Waals surface area contributed by atoms with E-state index in [1.165, 1.54) is 0 Å². The van der Waals surface area contributed by atoms with E-state index in [1.807, 2.05) is 30.3 Å². The predicted octanol–water partition coefficient (Wildman–Crippen LogP) is 4.59. The first kappa shape index (κ1) is 20.1. The third kappa shape index (κ3) is 6.45. The van der Waals surface area contributed by atoms with E-state index in [-0.39, 0.29) is 25.0 Å². The zero-order valence-corrected chi connectivity index (χ0v) is 15.8. The fourth-order valence-electron chi connectivity index (χ4n) is 4.01. The van der Waals surface area contributed by atoms with Gasteiger partial charge in [-0.2, -0.15) is 0 Å². The van der Waals surface area contributed by atoms with E-state index in [0.717, 1.165) is 44.5 Å². The number of piperidine rings is 1. The molecule has 1 saturated carbocycles. The fourth-order valence-corrected chi connectivity index (χ4v) is 4.01. The van der Waals surface area contributed by atoms with Gasteiger partial charge < -0.3 is 15.0 Å². The van der Waals surface area contributed by atoms with Gasteiger partial charge in [0.05, 0.1) is 0 Å². The summed E-state index contributed by atoms with van der Waals surface area (Å²) in [6.45, 7) is 2.59. The number of alkyl halides is 2. The van der Waals surface area contributed by atoms with E-state index in [0.29, 0.717) is 25.4 Å². The number of hydrogen-bond donors (Lipinski definition) is 1.